The molecule has 9 heteroatoms. The summed E-state index contributed by atoms with van der Waals surface area (Å²) in [5, 5.41) is 14.8. The van der Waals surface area contributed by atoms with Gasteiger partial charge in [0.1, 0.15) is 5.69 Å². The van der Waals surface area contributed by atoms with Crippen LogP contribution in [0.2, 0.25) is 15.1 Å². The van der Waals surface area contributed by atoms with Crippen molar-refractivity contribution in [2.45, 2.75) is 12.8 Å². The van der Waals surface area contributed by atoms with Gasteiger partial charge in [0.05, 0.1) is 25.7 Å². The Kier molecular flexibility index (Phi) is 5.55. The zero-order valence-electron chi connectivity index (χ0n) is 13.5. The molecule has 0 atom stereocenters. The number of nitro groups is 1. The van der Waals surface area contributed by atoms with Gasteiger partial charge in [-0.15, -0.1) is 0 Å². The highest BCUT2D eigenvalue weighted by molar-refractivity contribution is 6.44. The summed E-state index contributed by atoms with van der Waals surface area (Å²) in [7, 11) is 0. The Hall–Kier alpha value is -2.02. The van der Waals surface area contributed by atoms with Crippen LogP contribution in [-0.2, 0) is 0 Å². The van der Waals surface area contributed by atoms with Crippen LogP contribution in [-0.4, -0.2) is 23.9 Å². The number of nitrogens with zero attached hydrogens (tertiary/aromatic N) is 2. The molecule has 3 rings (SSSR count). The lowest BCUT2D eigenvalue weighted by Gasteiger charge is -2.18. The van der Waals surface area contributed by atoms with E-state index in [1.807, 2.05) is 4.90 Å². The number of carbonyl (C=O) groups is 1. The van der Waals surface area contributed by atoms with E-state index < -0.39 is 10.8 Å². The Balaban J connectivity index is 1.89. The minimum absolute atomic E-state index is 0.0974. The summed E-state index contributed by atoms with van der Waals surface area (Å²) in [4.78, 5) is 25.4. The number of anilines is 2. The molecule has 0 aliphatic carbocycles. The maximum Gasteiger partial charge on any atom is 0.293 e. The van der Waals surface area contributed by atoms with Crippen molar-refractivity contribution in [2.24, 2.45) is 0 Å². The third-order valence-electron chi connectivity index (χ3n) is 4.14. The summed E-state index contributed by atoms with van der Waals surface area (Å²) in [6.45, 7) is 1.54. The van der Waals surface area contributed by atoms with Gasteiger partial charge in [-0.2, -0.15) is 0 Å². The number of rotatable bonds is 4. The summed E-state index contributed by atoms with van der Waals surface area (Å²) in [6.07, 6.45) is 1.99. The third-order valence-corrected chi connectivity index (χ3v) is 5.17. The molecule has 1 saturated heterocycles. The molecule has 1 fully saturated rings. The highest BCUT2D eigenvalue weighted by atomic mass is 35.5. The topological polar surface area (TPSA) is 75.5 Å². The van der Waals surface area contributed by atoms with Crippen LogP contribution in [0.15, 0.2) is 30.3 Å². The van der Waals surface area contributed by atoms with Gasteiger partial charge >= 0.3 is 0 Å². The van der Waals surface area contributed by atoms with E-state index >= 15 is 0 Å². The average Bonchev–Trinajstić information content (AvgIpc) is 3.13. The molecule has 2 aromatic rings. The minimum Gasteiger partial charge on any atom is -0.366 e. The van der Waals surface area contributed by atoms with Crippen molar-refractivity contribution in [3.63, 3.8) is 0 Å². The summed E-state index contributed by atoms with van der Waals surface area (Å²) < 4.78 is 0. The zero-order valence-corrected chi connectivity index (χ0v) is 15.7. The fraction of sp³-hybridized carbons (Fsp3) is 0.235. The SMILES string of the molecule is O=C(Nc1cc(Cl)c(Cl)cc1Cl)c1ccc(N2CCCC2)c([N+](=O)[O-])c1. The largest absolute Gasteiger partial charge is 0.366 e. The van der Waals surface area contributed by atoms with Gasteiger partial charge in [0.25, 0.3) is 11.6 Å². The van der Waals surface area contributed by atoms with Crippen LogP contribution in [0.25, 0.3) is 0 Å². The van der Waals surface area contributed by atoms with E-state index in [4.69, 9.17) is 34.8 Å². The second-order valence-electron chi connectivity index (χ2n) is 5.86. The Morgan fingerprint density at radius 3 is 2.35 bits per heavy atom. The van der Waals surface area contributed by atoms with E-state index in [-0.39, 0.29) is 32.0 Å². The molecule has 1 aliphatic heterocycles. The van der Waals surface area contributed by atoms with Gasteiger partial charge in [0.15, 0.2) is 0 Å². The van der Waals surface area contributed by atoms with Crippen LogP contribution in [0.4, 0.5) is 17.1 Å². The number of benzene rings is 2. The Morgan fingerprint density at radius 2 is 1.69 bits per heavy atom. The second-order valence-corrected chi connectivity index (χ2v) is 7.08. The van der Waals surface area contributed by atoms with E-state index in [1.54, 1.807) is 12.1 Å². The second kappa shape index (κ2) is 7.70. The van der Waals surface area contributed by atoms with Gasteiger partial charge < -0.3 is 10.2 Å². The van der Waals surface area contributed by atoms with E-state index in [0.29, 0.717) is 5.69 Å². The van der Waals surface area contributed by atoms with Crippen LogP contribution in [0.1, 0.15) is 23.2 Å². The molecule has 2 aromatic carbocycles. The molecule has 0 aromatic heterocycles. The monoisotopic (exact) mass is 413 g/mol. The quantitative estimate of drug-likeness (QED) is 0.412. The van der Waals surface area contributed by atoms with Crippen molar-refractivity contribution in [2.75, 3.05) is 23.3 Å². The normalized spacial score (nSPS) is 13.7. The van der Waals surface area contributed by atoms with Gasteiger partial charge in [0.2, 0.25) is 0 Å². The maximum atomic E-state index is 12.5. The van der Waals surface area contributed by atoms with Crippen molar-refractivity contribution in [1.29, 1.82) is 0 Å². The van der Waals surface area contributed by atoms with Crippen molar-refractivity contribution in [1.82, 2.24) is 0 Å². The smallest absolute Gasteiger partial charge is 0.293 e. The first-order valence-corrected chi connectivity index (χ1v) is 8.99. The van der Waals surface area contributed by atoms with E-state index in [1.165, 1.54) is 18.2 Å². The lowest BCUT2D eigenvalue weighted by molar-refractivity contribution is -0.384. The summed E-state index contributed by atoms with van der Waals surface area (Å²) in [5.74, 6) is -0.527. The summed E-state index contributed by atoms with van der Waals surface area (Å²) in [6, 6.07) is 7.28. The molecule has 0 saturated carbocycles. The first-order chi connectivity index (χ1) is 12.4. The minimum atomic E-state index is -0.527. The standard InChI is InChI=1S/C17H14Cl3N3O3/c18-11-8-13(20)14(9-12(11)19)21-17(24)10-3-4-15(16(7-10)23(25)26)22-5-1-2-6-22/h3-4,7-9H,1-2,5-6H2,(H,21,24). The van der Waals surface area contributed by atoms with Crippen molar-refractivity contribution >= 4 is 57.8 Å². The molecular weight excluding hydrogens is 401 g/mol. The van der Waals surface area contributed by atoms with Gasteiger partial charge in [0, 0.05) is 24.7 Å². The predicted octanol–water partition coefficient (Wildman–Crippen LogP) is 5.41. The molecule has 1 N–H and O–H groups in total. The van der Waals surface area contributed by atoms with Crippen LogP contribution < -0.4 is 10.2 Å². The van der Waals surface area contributed by atoms with Gasteiger partial charge in [-0.3, -0.25) is 14.9 Å². The molecule has 1 heterocycles. The van der Waals surface area contributed by atoms with Crippen LogP contribution in [0.5, 0.6) is 0 Å². The molecule has 1 amide bonds. The van der Waals surface area contributed by atoms with Crippen LogP contribution in [0.3, 0.4) is 0 Å². The van der Waals surface area contributed by atoms with Crippen LogP contribution in [0, 0.1) is 10.1 Å². The highest BCUT2D eigenvalue weighted by Crippen LogP contribution is 2.34. The number of nitro benzene ring substituents is 1. The van der Waals surface area contributed by atoms with Gasteiger partial charge in [-0.25, -0.2) is 0 Å². The van der Waals surface area contributed by atoms with E-state index in [2.05, 4.69) is 5.32 Å². The summed E-state index contributed by atoms with van der Waals surface area (Å²) >= 11 is 17.9. The molecule has 136 valence electrons. The highest BCUT2D eigenvalue weighted by Gasteiger charge is 2.24. The first kappa shape index (κ1) is 18.8. The Bertz CT molecular complexity index is 883. The number of hydrogen-bond acceptors (Lipinski definition) is 4. The number of carbonyl (C=O) groups excluding carboxylic acids is 1. The van der Waals surface area contributed by atoms with Gasteiger partial charge in [-0.05, 0) is 37.1 Å². The van der Waals surface area contributed by atoms with Gasteiger partial charge in [-0.1, -0.05) is 34.8 Å². The number of nitrogens with one attached hydrogen (secondary N) is 1. The average molecular weight is 415 g/mol. The van der Waals surface area contributed by atoms with Crippen LogP contribution >= 0.6 is 34.8 Å². The fourth-order valence-corrected chi connectivity index (χ4v) is 3.44. The van der Waals surface area contributed by atoms with Crippen molar-refractivity contribution < 1.29 is 9.72 Å². The molecule has 6 nitrogen and oxygen atoms in total. The fourth-order valence-electron chi connectivity index (χ4n) is 2.85. The number of amides is 1. The Morgan fingerprint density at radius 1 is 1.04 bits per heavy atom. The first-order valence-electron chi connectivity index (χ1n) is 7.86. The molecule has 1 aliphatic rings. The maximum absolute atomic E-state index is 12.5. The zero-order chi connectivity index (χ0) is 18.8. The molecule has 26 heavy (non-hydrogen) atoms. The lowest BCUT2D eigenvalue weighted by atomic mass is 10.1. The third kappa shape index (κ3) is 3.87. The Labute approximate surface area is 164 Å². The molecule has 0 bridgehead atoms. The van der Waals surface area contributed by atoms with E-state index in [9.17, 15) is 14.9 Å². The predicted molar refractivity (Wildman–Crippen MR) is 104 cm³/mol. The van der Waals surface area contributed by atoms with E-state index in [0.717, 1.165) is 25.9 Å². The lowest BCUT2D eigenvalue weighted by Crippen LogP contribution is -2.20. The summed E-state index contributed by atoms with van der Waals surface area (Å²) in [5.41, 5.74) is 0.857. The van der Waals surface area contributed by atoms with Crippen molar-refractivity contribution in [3.8, 4) is 0 Å². The molecular formula is C17H14Cl3N3O3. The molecule has 0 spiro atoms. The number of halogens is 3. The number of hydrogen-bond donors (Lipinski definition) is 1. The molecule has 0 radical (unpaired) electrons. The molecule has 0 unspecified atom stereocenters. The van der Waals surface area contributed by atoms with Crippen molar-refractivity contribution in [3.05, 3.63) is 61.1 Å².